The first kappa shape index (κ1) is 17.8. The molecule has 2 N–H and O–H groups in total. The van der Waals surface area contributed by atoms with Crippen molar-refractivity contribution in [3.8, 4) is 0 Å². The summed E-state index contributed by atoms with van der Waals surface area (Å²) in [4.78, 5) is 25.0. The molecule has 0 spiro atoms. The van der Waals surface area contributed by atoms with E-state index in [9.17, 15) is 9.59 Å². The Morgan fingerprint density at radius 2 is 1.60 bits per heavy atom. The lowest BCUT2D eigenvalue weighted by Crippen LogP contribution is -2.50. The molecule has 0 bridgehead atoms. The first-order chi connectivity index (χ1) is 11.9. The summed E-state index contributed by atoms with van der Waals surface area (Å²) < 4.78 is 0. The number of hydrogen-bond donors (Lipinski definition) is 2. The molecule has 1 heterocycles. The molecule has 2 atom stereocenters. The Balaban J connectivity index is 2.07. The third kappa shape index (κ3) is 3.52. The molecular weight excluding hydrogens is 383 g/mol. The summed E-state index contributed by atoms with van der Waals surface area (Å²) in [6, 6.07) is 10.3. The zero-order valence-electron chi connectivity index (χ0n) is 12.9. The molecule has 0 aliphatic carbocycles. The largest absolute Gasteiger partial charge is 0.330 e. The lowest BCUT2D eigenvalue weighted by atomic mass is 9.83. The minimum absolute atomic E-state index is 0.227. The quantitative estimate of drug-likeness (QED) is 0.717. The van der Waals surface area contributed by atoms with Crippen LogP contribution in [-0.2, 0) is 0 Å². The highest BCUT2D eigenvalue weighted by Crippen LogP contribution is 2.39. The van der Waals surface area contributed by atoms with Crippen LogP contribution in [0.4, 0.5) is 4.79 Å². The SMILES string of the molecule is C=C1NC(=O)N[C@@H](c2c(Cl)cccc2Cl)[C@@H]1C(=O)c1ccc(Cl)cc1. The highest BCUT2D eigenvalue weighted by Gasteiger charge is 2.39. The summed E-state index contributed by atoms with van der Waals surface area (Å²) in [5.74, 6) is -0.994. The van der Waals surface area contributed by atoms with E-state index in [0.717, 1.165) is 0 Å². The van der Waals surface area contributed by atoms with Gasteiger partial charge in [-0.2, -0.15) is 0 Å². The van der Waals surface area contributed by atoms with Gasteiger partial charge in [0.2, 0.25) is 0 Å². The summed E-state index contributed by atoms with van der Waals surface area (Å²) >= 11 is 18.4. The van der Waals surface area contributed by atoms with Gasteiger partial charge in [-0.1, -0.05) is 47.4 Å². The van der Waals surface area contributed by atoms with Gasteiger partial charge in [0.25, 0.3) is 0 Å². The highest BCUT2D eigenvalue weighted by atomic mass is 35.5. The molecule has 1 aliphatic heterocycles. The van der Waals surface area contributed by atoms with Crippen LogP contribution in [0.15, 0.2) is 54.7 Å². The first-order valence-corrected chi connectivity index (χ1v) is 8.52. The van der Waals surface area contributed by atoms with Gasteiger partial charge in [-0.25, -0.2) is 4.79 Å². The fourth-order valence-electron chi connectivity index (χ4n) is 2.84. The zero-order chi connectivity index (χ0) is 18.1. The van der Waals surface area contributed by atoms with E-state index in [1.807, 2.05) is 0 Å². The van der Waals surface area contributed by atoms with E-state index in [0.29, 0.717) is 26.2 Å². The molecule has 2 amide bonds. The van der Waals surface area contributed by atoms with Gasteiger partial charge in [-0.15, -0.1) is 0 Å². The maximum absolute atomic E-state index is 13.1. The van der Waals surface area contributed by atoms with E-state index in [1.54, 1.807) is 42.5 Å². The van der Waals surface area contributed by atoms with E-state index < -0.39 is 18.0 Å². The van der Waals surface area contributed by atoms with Crippen LogP contribution in [-0.4, -0.2) is 11.8 Å². The summed E-state index contributed by atoms with van der Waals surface area (Å²) in [5.41, 5.74) is 1.21. The first-order valence-electron chi connectivity index (χ1n) is 7.38. The summed E-state index contributed by atoms with van der Waals surface area (Å²) in [6.07, 6.45) is 0. The minimum Gasteiger partial charge on any atom is -0.330 e. The predicted molar refractivity (Wildman–Crippen MR) is 99.3 cm³/mol. The number of hydrogen-bond acceptors (Lipinski definition) is 2. The summed E-state index contributed by atoms with van der Waals surface area (Å²) in [5, 5.41) is 6.53. The minimum atomic E-state index is -0.767. The number of carbonyl (C=O) groups is 2. The van der Waals surface area contributed by atoms with Crippen LogP contribution in [0.25, 0.3) is 0 Å². The van der Waals surface area contributed by atoms with Crippen molar-refractivity contribution in [2.24, 2.45) is 5.92 Å². The fraction of sp³-hybridized carbons (Fsp3) is 0.111. The topological polar surface area (TPSA) is 58.2 Å². The average Bonchev–Trinajstić information content (AvgIpc) is 2.54. The average molecular weight is 396 g/mol. The molecule has 2 aromatic carbocycles. The van der Waals surface area contributed by atoms with Crippen LogP contribution < -0.4 is 10.6 Å². The number of rotatable bonds is 3. The zero-order valence-corrected chi connectivity index (χ0v) is 15.1. The van der Waals surface area contributed by atoms with Crippen LogP contribution >= 0.6 is 34.8 Å². The molecule has 3 rings (SSSR count). The van der Waals surface area contributed by atoms with Gasteiger partial charge in [0.05, 0.1) is 12.0 Å². The second-order valence-electron chi connectivity index (χ2n) is 5.59. The summed E-state index contributed by atoms with van der Waals surface area (Å²) in [7, 11) is 0. The molecule has 25 heavy (non-hydrogen) atoms. The van der Waals surface area contributed by atoms with Gasteiger partial charge in [-0.3, -0.25) is 4.79 Å². The van der Waals surface area contributed by atoms with Gasteiger partial charge >= 0.3 is 6.03 Å². The molecule has 4 nitrogen and oxygen atoms in total. The van der Waals surface area contributed by atoms with Crippen LogP contribution in [0.2, 0.25) is 15.1 Å². The summed E-state index contributed by atoms with van der Waals surface area (Å²) in [6.45, 7) is 3.84. The number of amides is 2. The Labute approximate surface area is 159 Å². The van der Waals surface area contributed by atoms with Crippen LogP contribution in [0.3, 0.4) is 0 Å². The lowest BCUT2D eigenvalue weighted by molar-refractivity contribution is 0.0905. The molecule has 0 aromatic heterocycles. The molecule has 2 aromatic rings. The van der Waals surface area contributed by atoms with Gasteiger partial charge in [0, 0.05) is 31.9 Å². The smallest absolute Gasteiger partial charge is 0.319 e. The van der Waals surface area contributed by atoms with Crippen molar-refractivity contribution in [2.75, 3.05) is 0 Å². The number of Topliss-reactive ketones (excluding diaryl/α,β-unsaturated/α-hetero) is 1. The Bertz CT molecular complexity index is 845. The molecule has 1 fully saturated rings. The molecule has 0 radical (unpaired) electrons. The Kier molecular flexibility index (Phi) is 5.04. The number of carbonyl (C=O) groups excluding carboxylic acids is 2. The van der Waals surface area contributed by atoms with E-state index in [2.05, 4.69) is 17.2 Å². The molecule has 0 saturated carbocycles. The van der Waals surface area contributed by atoms with Crippen molar-refractivity contribution in [1.29, 1.82) is 0 Å². The molecule has 0 unspecified atom stereocenters. The third-order valence-electron chi connectivity index (χ3n) is 3.99. The monoisotopic (exact) mass is 394 g/mol. The van der Waals surface area contributed by atoms with Crippen molar-refractivity contribution in [1.82, 2.24) is 10.6 Å². The number of benzene rings is 2. The van der Waals surface area contributed by atoms with Crippen LogP contribution in [0.1, 0.15) is 22.0 Å². The Morgan fingerprint density at radius 1 is 1.00 bits per heavy atom. The van der Waals surface area contributed by atoms with Crippen molar-refractivity contribution in [3.63, 3.8) is 0 Å². The maximum Gasteiger partial charge on any atom is 0.319 e. The predicted octanol–water partition coefficient (Wildman–Crippen LogP) is 5.01. The number of urea groups is 1. The van der Waals surface area contributed by atoms with Gasteiger partial charge in [-0.05, 0) is 36.4 Å². The second kappa shape index (κ2) is 7.08. The number of ketones is 1. The van der Waals surface area contributed by atoms with Crippen molar-refractivity contribution in [3.05, 3.63) is 80.9 Å². The maximum atomic E-state index is 13.1. The van der Waals surface area contributed by atoms with Gasteiger partial charge in [0.1, 0.15) is 0 Å². The van der Waals surface area contributed by atoms with Crippen molar-refractivity contribution >= 4 is 46.6 Å². The van der Waals surface area contributed by atoms with E-state index in [4.69, 9.17) is 34.8 Å². The van der Waals surface area contributed by atoms with Crippen LogP contribution in [0, 0.1) is 5.92 Å². The van der Waals surface area contributed by atoms with E-state index in [1.165, 1.54) is 0 Å². The Hall–Kier alpha value is -2.01. The van der Waals surface area contributed by atoms with Crippen molar-refractivity contribution < 1.29 is 9.59 Å². The number of nitrogens with one attached hydrogen (secondary N) is 2. The molecule has 7 heteroatoms. The van der Waals surface area contributed by atoms with E-state index >= 15 is 0 Å². The normalized spacial score (nSPS) is 20.0. The number of halogens is 3. The highest BCUT2D eigenvalue weighted by molar-refractivity contribution is 6.36. The fourth-order valence-corrected chi connectivity index (χ4v) is 3.59. The van der Waals surface area contributed by atoms with Crippen molar-refractivity contribution in [2.45, 2.75) is 6.04 Å². The Morgan fingerprint density at radius 3 is 2.20 bits per heavy atom. The second-order valence-corrected chi connectivity index (χ2v) is 6.84. The van der Waals surface area contributed by atoms with Crippen LogP contribution in [0.5, 0.6) is 0 Å². The van der Waals surface area contributed by atoms with Gasteiger partial charge < -0.3 is 10.6 Å². The van der Waals surface area contributed by atoms with Gasteiger partial charge in [0.15, 0.2) is 5.78 Å². The third-order valence-corrected chi connectivity index (χ3v) is 4.90. The molecular formula is C18H13Cl3N2O2. The standard InChI is InChI=1S/C18H13Cl3N2O2/c1-9-14(17(24)10-5-7-11(19)8-6-10)16(23-18(25)22-9)15-12(20)3-2-4-13(15)21/h2-8,14,16H,1H2,(H2,22,23,25)/t14-,16-/m1/s1. The molecule has 128 valence electrons. The molecule has 1 aliphatic rings. The molecule has 1 saturated heterocycles. The lowest BCUT2D eigenvalue weighted by Gasteiger charge is -2.34. The van der Waals surface area contributed by atoms with E-state index in [-0.39, 0.29) is 11.5 Å².